The molecule has 0 spiro atoms. The van der Waals surface area contributed by atoms with Gasteiger partial charge >= 0.3 is 0 Å². The maximum atomic E-state index is 6.59. The van der Waals surface area contributed by atoms with Crippen molar-refractivity contribution >= 4 is 17.2 Å². The van der Waals surface area contributed by atoms with Gasteiger partial charge in [-0.05, 0) is 44.7 Å². The molecular weight excluding hydrogens is 442 g/mol. The second-order valence-corrected chi connectivity index (χ2v) is 9.53. The van der Waals surface area contributed by atoms with Gasteiger partial charge in [0.2, 0.25) is 0 Å². The van der Waals surface area contributed by atoms with Crippen LogP contribution in [0.4, 0.5) is 11.6 Å². The lowest BCUT2D eigenvalue weighted by atomic mass is 9.92. The Morgan fingerprint density at radius 3 is 2.51 bits per heavy atom. The topological polar surface area (TPSA) is 89.7 Å². The molecule has 6 rings (SSSR count). The molecule has 0 unspecified atom stereocenters. The summed E-state index contributed by atoms with van der Waals surface area (Å²) in [5.41, 5.74) is 4.90. The molecule has 4 aromatic heterocycles. The molecule has 4 aromatic rings. The summed E-state index contributed by atoms with van der Waals surface area (Å²) in [6.45, 7) is 5.46. The first-order chi connectivity index (χ1) is 17.0. The molecule has 9 heteroatoms. The van der Waals surface area contributed by atoms with Crippen LogP contribution in [0.2, 0.25) is 0 Å². The maximum absolute atomic E-state index is 6.59. The molecule has 2 saturated heterocycles. The summed E-state index contributed by atoms with van der Waals surface area (Å²) in [7, 11) is 2.20. The van der Waals surface area contributed by atoms with Crippen LogP contribution in [0.5, 0.6) is 5.75 Å². The lowest BCUT2D eigenvalue weighted by Gasteiger charge is -2.46. The van der Waals surface area contributed by atoms with Gasteiger partial charge in [0, 0.05) is 48.4 Å². The quantitative estimate of drug-likeness (QED) is 0.470. The van der Waals surface area contributed by atoms with Crippen LogP contribution in [-0.4, -0.2) is 67.9 Å². The van der Waals surface area contributed by atoms with Crippen LogP contribution in [0.25, 0.3) is 16.6 Å². The highest BCUT2D eigenvalue weighted by atomic mass is 16.5. The van der Waals surface area contributed by atoms with Crippen molar-refractivity contribution in [2.75, 3.05) is 25.6 Å². The SMILES string of the molecule is Cc1cnc(Nc2cc3cc(-c4cc(C)ncc4O[C@H]4C[C@H]5COC[C@@H](C4)N5C)ccn3n2)cn1. The van der Waals surface area contributed by atoms with Gasteiger partial charge < -0.3 is 14.8 Å². The molecule has 2 aliphatic heterocycles. The second kappa shape index (κ2) is 8.90. The number of rotatable bonds is 5. The molecule has 2 fully saturated rings. The number of hydrogen-bond donors (Lipinski definition) is 1. The molecule has 2 aliphatic rings. The Labute approximate surface area is 204 Å². The number of hydrogen-bond acceptors (Lipinski definition) is 8. The van der Waals surface area contributed by atoms with E-state index in [2.05, 4.69) is 55.5 Å². The number of morpholine rings is 1. The number of ether oxygens (including phenoxy) is 2. The number of aromatic nitrogens is 5. The number of pyridine rings is 2. The van der Waals surface area contributed by atoms with Crippen molar-refractivity contribution in [3.8, 4) is 16.9 Å². The van der Waals surface area contributed by atoms with E-state index >= 15 is 0 Å². The Bertz CT molecular complexity index is 1340. The Balaban J connectivity index is 1.27. The van der Waals surface area contributed by atoms with Crippen molar-refractivity contribution in [1.82, 2.24) is 29.5 Å². The Morgan fingerprint density at radius 2 is 1.74 bits per heavy atom. The minimum absolute atomic E-state index is 0.151. The van der Waals surface area contributed by atoms with Gasteiger partial charge in [0.25, 0.3) is 0 Å². The monoisotopic (exact) mass is 471 g/mol. The Kier molecular flexibility index (Phi) is 5.58. The van der Waals surface area contributed by atoms with Gasteiger partial charge in [0.15, 0.2) is 5.82 Å². The number of aryl methyl sites for hydroxylation is 2. The summed E-state index contributed by atoms with van der Waals surface area (Å²) in [6, 6.07) is 9.09. The van der Waals surface area contributed by atoms with Crippen LogP contribution in [0.3, 0.4) is 0 Å². The van der Waals surface area contributed by atoms with Gasteiger partial charge in [-0.3, -0.25) is 14.9 Å². The summed E-state index contributed by atoms with van der Waals surface area (Å²) in [4.78, 5) is 15.6. The highest BCUT2D eigenvalue weighted by molar-refractivity contribution is 5.75. The fourth-order valence-corrected chi connectivity index (χ4v) is 5.00. The maximum Gasteiger partial charge on any atom is 0.154 e. The summed E-state index contributed by atoms with van der Waals surface area (Å²) < 4.78 is 14.2. The Morgan fingerprint density at radius 1 is 0.943 bits per heavy atom. The van der Waals surface area contributed by atoms with Crippen molar-refractivity contribution in [1.29, 1.82) is 0 Å². The molecule has 0 amide bonds. The molecule has 3 atom stereocenters. The third kappa shape index (κ3) is 4.44. The molecule has 0 radical (unpaired) electrons. The van der Waals surface area contributed by atoms with E-state index in [-0.39, 0.29) is 6.10 Å². The van der Waals surface area contributed by atoms with Crippen LogP contribution in [0, 0.1) is 13.8 Å². The predicted octanol–water partition coefficient (Wildman–Crippen LogP) is 3.79. The minimum atomic E-state index is 0.151. The van der Waals surface area contributed by atoms with Crippen molar-refractivity contribution in [2.24, 2.45) is 0 Å². The van der Waals surface area contributed by atoms with Gasteiger partial charge in [-0.15, -0.1) is 0 Å². The van der Waals surface area contributed by atoms with Crippen molar-refractivity contribution in [2.45, 2.75) is 44.9 Å². The van der Waals surface area contributed by atoms with E-state index in [1.165, 1.54) is 0 Å². The van der Waals surface area contributed by atoms with Gasteiger partial charge in [-0.1, -0.05) is 0 Å². The van der Waals surface area contributed by atoms with Crippen LogP contribution in [0.15, 0.2) is 49.1 Å². The third-order valence-corrected chi connectivity index (χ3v) is 6.95. The summed E-state index contributed by atoms with van der Waals surface area (Å²) >= 11 is 0. The van der Waals surface area contributed by atoms with Crippen molar-refractivity contribution in [3.05, 3.63) is 60.4 Å². The first-order valence-corrected chi connectivity index (χ1v) is 12.0. The van der Waals surface area contributed by atoms with Gasteiger partial charge in [0.1, 0.15) is 17.7 Å². The average molecular weight is 472 g/mol. The zero-order valence-electron chi connectivity index (χ0n) is 20.2. The molecule has 6 heterocycles. The van der Waals surface area contributed by atoms with E-state index in [1.54, 1.807) is 12.4 Å². The average Bonchev–Trinajstić information content (AvgIpc) is 3.24. The van der Waals surface area contributed by atoms with Crippen LogP contribution in [0.1, 0.15) is 24.2 Å². The van der Waals surface area contributed by atoms with Gasteiger partial charge in [-0.25, -0.2) is 9.50 Å². The van der Waals surface area contributed by atoms with Gasteiger partial charge in [0.05, 0.1) is 43.0 Å². The zero-order valence-corrected chi connectivity index (χ0v) is 20.2. The minimum Gasteiger partial charge on any atom is -0.488 e. The molecule has 180 valence electrons. The smallest absolute Gasteiger partial charge is 0.154 e. The molecule has 0 saturated carbocycles. The lowest BCUT2D eigenvalue weighted by Crippen LogP contribution is -2.57. The fraction of sp³-hybridized carbons (Fsp3) is 0.385. The first kappa shape index (κ1) is 21.9. The van der Waals surface area contributed by atoms with Crippen LogP contribution < -0.4 is 10.1 Å². The van der Waals surface area contributed by atoms with Crippen LogP contribution in [-0.2, 0) is 4.74 Å². The van der Waals surface area contributed by atoms with E-state index < -0.39 is 0 Å². The largest absolute Gasteiger partial charge is 0.488 e. The highest BCUT2D eigenvalue weighted by Gasteiger charge is 2.38. The summed E-state index contributed by atoms with van der Waals surface area (Å²) in [5, 5.41) is 7.84. The molecular formula is C26H29N7O2. The molecule has 0 aromatic carbocycles. The number of likely N-dealkylation sites (N-methyl/N-ethyl adjacent to an activating group) is 1. The van der Waals surface area contributed by atoms with E-state index in [9.17, 15) is 0 Å². The summed E-state index contributed by atoms with van der Waals surface area (Å²) in [6.07, 6.45) is 9.33. The van der Waals surface area contributed by atoms with E-state index in [4.69, 9.17) is 9.47 Å². The fourth-order valence-electron chi connectivity index (χ4n) is 5.00. The third-order valence-electron chi connectivity index (χ3n) is 6.95. The molecule has 9 nitrogen and oxygen atoms in total. The number of nitrogens with one attached hydrogen (secondary N) is 1. The lowest BCUT2D eigenvalue weighted by molar-refractivity contribution is -0.0879. The summed E-state index contributed by atoms with van der Waals surface area (Å²) in [5.74, 6) is 2.19. The Hall–Kier alpha value is -3.56. The highest BCUT2D eigenvalue weighted by Crippen LogP contribution is 2.35. The number of anilines is 2. The molecule has 1 N–H and O–H groups in total. The van der Waals surface area contributed by atoms with Gasteiger partial charge in [-0.2, -0.15) is 5.10 Å². The number of nitrogens with zero attached hydrogens (tertiary/aromatic N) is 6. The molecule has 0 aliphatic carbocycles. The van der Waals surface area contributed by atoms with Crippen molar-refractivity contribution < 1.29 is 9.47 Å². The van der Waals surface area contributed by atoms with Crippen molar-refractivity contribution in [3.63, 3.8) is 0 Å². The first-order valence-electron chi connectivity index (χ1n) is 12.0. The normalized spacial score (nSPS) is 22.3. The van der Waals surface area contributed by atoms with E-state index in [0.717, 1.165) is 59.8 Å². The molecule has 35 heavy (non-hydrogen) atoms. The molecule has 2 bridgehead atoms. The van der Waals surface area contributed by atoms with Crippen LogP contribution >= 0.6 is 0 Å². The van der Waals surface area contributed by atoms with E-state index in [1.807, 2.05) is 36.8 Å². The number of fused-ring (bicyclic) bond motifs is 3. The standard InChI is InChI=1S/C26H29N7O2/c1-16-6-23(24(12-27-16)35-22-8-20-14-34-15-21(9-22)32(20)3)18-4-5-33-19(7-18)10-25(31-33)30-26-13-28-17(2)11-29-26/h4-7,10-13,20-22H,8-9,14-15H2,1-3H3,(H,29,30,31)/t20-,21+,22-. The number of piperidine rings is 1. The van der Waals surface area contributed by atoms with E-state index in [0.29, 0.717) is 23.7 Å². The predicted molar refractivity (Wildman–Crippen MR) is 133 cm³/mol. The second-order valence-electron chi connectivity index (χ2n) is 9.53. The zero-order chi connectivity index (χ0) is 23.9.